The van der Waals surface area contributed by atoms with Crippen LogP contribution < -0.4 is 5.32 Å². The Hall–Kier alpha value is -1.55. The predicted molar refractivity (Wildman–Crippen MR) is 81.9 cm³/mol. The summed E-state index contributed by atoms with van der Waals surface area (Å²) in [7, 11) is 0. The van der Waals surface area contributed by atoms with E-state index in [1.165, 1.54) is 19.3 Å². The van der Waals surface area contributed by atoms with Crippen molar-refractivity contribution in [2.75, 3.05) is 19.6 Å². The van der Waals surface area contributed by atoms with Crippen LogP contribution in [0.4, 0.5) is 4.79 Å². The Morgan fingerprint density at radius 3 is 2.81 bits per heavy atom. The van der Waals surface area contributed by atoms with Gasteiger partial charge < -0.3 is 15.0 Å². The van der Waals surface area contributed by atoms with Gasteiger partial charge in [0.1, 0.15) is 6.61 Å². The SMILES string of the molecule is O=C(OCc1ccccc1)N1CCC(CCNC2CC2)C1. The van der Waals surface area contributed by atoms with E-state index in [1.807, 2.05) is 35.2 Å². The Balaban J connectivity index is 1.35. The van der Waals surface area contributed by atoms with Crippen molar-refractivity contribution >= 4 is 6.09 Å². The minimum absolute atomic E-state index is 0.170. The molecule has 1 saturated heterocycles. The topological polar surface area (TPSA) is 41.6 Å². The zero-order valence-corrected chi connectivity index (χ0v) is 12.5. The highest BCUT2D eigenvalue weighted by Gasteiger charge is 2.27. The lowest BCUT2D eigenvalue weighted by atomic mass is 10.1. The first-order valence-electron chi connectivity index (χ1n) is 8.00. The van der Waals surface area contributed by atoms with Crippen LogP contribution in [0.3, 0.4) is 0 Å². The molecule has 21 heavy (non-hydrogen) atoms. The Kier molecular flexibility index (Phi) is 4.76. The van der Waals surface area contributed by atoms with Crippen molar-refractivity contribution in [1.29, 1.82) is 0 Å². The lowest BCUT2D eigenvalue weighted by molar-refractivity contribution is 0.103. The van der Waals surface area contributed by atoms with Gasteiger partial charge in [-0.15, -0.1) is 0 Å². The number of carbonyl (C=O) groups excluding carboxylic acids is 1. The Labute approximate surface area is 126 Å². The fraction of sp³-hybridized carbons (Fsp3) is 0.588. The molecular formula is C17H24N2O2. The highest BCUT2D eigenvalue weighted by atomic mass is 16.6. The average Bonchev–Trinajstić information content (AvgIpc) is 3.22. The summed E-state index contributed by atoms with van der Waals surface area (Å²) in [5.74, 6) is 0.625. The number of nitrogens with one attached hydrogen (secondary N) is 1. The lowest BCUT2D eigenvalue weighted by Gasteiger charge is -2.16. The number of carbonyl (C=O) groups is 1. The Bertz CT molecular complexity index is 459. The van der Waals surface area contributed by atoms with E-state index in [9.17, 15) is 4.79 Å². The van der Waals surface area contributed by atoms with Crippen LogP contribution in [-0.4, -0.2) is 36.7 Å². The fourth-order valence-electron chi connectivity index (χ4n) is 2.82. The first-order chi connectivity index (χ1) is 10.3. The van der Waals surface area contributed by atoms with E-state index in [0.717, 1.165) is 37.7 Å². The second kappa shape index (κ2) is 6.94. The normalized spacial score (nSPS) is 21.5. The molecule has 1 N–H and O–H groups in total. The molecule has 1 aliphatic heterocycles. The standard InChI is InChI=1S/C17H24N2O2/c20-17(21-13-15-4-2-1-3-5-15)19-11-9-14(12-19)8-10-18-16-6-7-16/h1-5,14,16,18H,6-13H2. The number of likely N-dealkylation sites (tertiary alicyclic amines) is 1. The van der Waals surface area contributed by atoms with Gasteiger partial charge in [0.05, 0.1) is 0 Å². The number of hydrogen-bond acceptors (Lipinski definition) is 3. The summed E-state index contributed by atoms with van der Waals surface area (Å²) in [6, 6.07) is 10.6. The predicted octanol–water partition coefficient (Wildman–Crippen LogP) is 2.79. The summed E-state index contributed by atoms with van der Waals surface area (Å²) >= 11 is 0. The van der Waals surface area contributed by atoms with Gasteiger partial charge in [-0.05, 0) is 43.7 Å². The van der Waals surface area contributed by atoms with Crippen LogP contribution in [0.15, 0.2) is 30.3 Å². The van der Waals surface area contributed by atoms with E-state index in [2.05, 4.69) is 5.32 Å². The Morgan fingerprint density at radius 1 is 1.24 bits per heavy atom. The molecule has 1 saturated carbocycles. The van der Waals surface area contributed by atoms with Crippen LogP contribution >= 0.6 is 0 Å². The van der Waals surface area contributed by atoms with Gasteiger partial charge in [0.15, 0.2) is 0 Å². The largest absolute Gasteiger partial charge is 0.445 e. The second-order valence-corrected chi connectivity index (χ2v) is 6.16. The van der Waals surface area contributed by atoms with Gasteiger partial charge in [-0.25, -0.2) is 4.79 Å². The minimum Gasteiger partial charge on any atom is -0.445 e. The number of amides is 1. The summed E-state index contributed by atoms with van der Waals surface area (Å²) in [6.45, 7) is 3.13. The van der Waals surface area contributed by atoms with Crippen LogP contribution in [0.5, 0.6) is 0 Å². The number of nitrogens with zero attached hydrogens (tertiary/aromatic N) is 1. The van der Waals surface area contributed by atoms with Crippen molar-refractivity contribution in [3.63, 3.8) is 0 Å². The first kappa shape index (κ1) is 14.4. The molecular weight excluding hydrogens is 264 g/mol. The van der Waals surface area contributed by atoms with Crippen molar-refractivity contribution in [2.24, 2.45) is 5.92 Å². The maximum Gasteiger partial charge on any atom is 0.410 e. The summed E-state index contributed by atoms with van der Waals surface area (Å²) in [4.78, 5) is 13.9. The van der Waals surface area contributed by atoms with Crippen molar-refractivity contribution in [3.05, 3.63) is 35.9 Å². The van der Waals surface area contributed by atoms with Crippen molar-refractivity contribution in [3.8, 4) is 0 Å². The zero-order valence-electron chi connectivity index (χ0n) is 12.5. The second-order valence-electron chi connectivity index (χ2n) is 6.16. The number of rotatable bonds is 6. The molecule has 0 aromatic heterocycles. The summed E-state index contributed by atoms with van der Waals surface area (Å²) in [6.07, 6.45) is 4.77. The molecule has 1 atom stereocenters. The smallest absolute Gasteiger partial charge is 0.410 e. The van der Waals surface area contributed by atoms with Crippen molar-refractivity contribution < 1.29 is 9.53 Å². The number of ether oxygens (including phenoxy) is 1. The van der Waals surface area contributed by atoms with Gasteiger partial charge >= 0.3 is 6.09 Å². The highest BCUT2D eigenvalue weighted by Crippen LogP contribution is 2.22. The molecule has 1 amide bonds. The van der Waals surface area contributed by atoms with Gasteiger partial charge in [0.2, 0.25) is 0 Å². The quantitative estimate of drug-likeness (QED) is 0.875. The highest BCUT2D eigenvalue weighted by molar-refractivity contribution is 5.68. The van der Waals surface area contributed by atoms with E-state index in [4.69, 9.17) is 4.74 Å². The molecule has 4 heteroatoms. The lowest BCUT2D eigenvalue weighted by Crippen LogP contribution is -2.29. The van der Waals surface area contributed by atoms with E-state index in [0.29, 0.717) is 12.5 Å². The van der Waals surface area contributed by atoms with Crippen LogP contribution in [0, 0.1) is 5.92 Å². The first-order valence-corrected chi connectivity index (χ1v) is 8.00. The third-order valence-corrected chi connectivity index (χ3v) is 4.31. The average molecular weight is 288 g/mol. The molecule has 1 aromatic carbocycles. The molecule has 4 nitrogen and oxygen atoms in total. The molecule has 3 rings (SSSR count). The van der Waals surface area contributed by atoms with Gasteiger partial charge in [-0.3, -0.25) is 0 Å². The molecule has 2 fully saturated rings. The van der Waals surface area contributed by atoms with Crippen LogP contribution in [-0.2, 0) is 11.3 Å². The summed E-state index contributed by atoms with van der Waals surface area (Å²) in [5, 5.41) is 3.54. The third-order valence-electron chi connectivity index (χ3n) is 4.31. The van der Waals surface area contributed by atoms with Crippen molar-refractivity contribution in [1.82, 2.24) is 10.2 Å². The van der Waals surface area contributed by atoms with E-state index in [1.54, 1.807) is 0 Å². The number of benzene rings is 1. The van der Waals surface area contributed by atoms with Crippen molar-refractivity contribution in [2.45, 2.75) is 38.3 Å². The number of hydrogen-bond donors (Lipinski definition) is 1. The van der Waals surface area contributed by atoms with Gasteiger partial charge in [0.25, 0.3) is 0 Å². The molecule has 0 radical (unpaired) electrons. The molecule has 0 spiro atoms. The van der Waals surface area contributed by atoms with Crippen LogP contribution in [0.2, 0.25) is 0 Å². The summed E-state index contributed by atoms with van der Waals surface area (Å²) < 4.78 is 5.38. The van der Waals surface area contributed by atoms with Gasteiger partial charge in [-0.1, -0.05) is 30.3 Å². The molecule has 0 bridgehead atoms. The van der Waals surface area contributed by atoms with E-state index >= 15 is 0 Å². The van der Waals surface area contributed by atoms with Crippen LogP contribution in [0.25, 0.3) is 0 Å². The maximum absolute atomic E-state index is 12.0. The molecule has 1 aliphatic carbocycles. The van der Waals surface area contributed by atoms with Crippen LogP contribution in [0.1, 0.15) is 31.2 Å². The van der Waals surface area contributed by atoms with Gasteiger partial charge in [-0.2, -0.15) is 0 Å². The van der Waals surface area contributed by atoms with E-state index < -0.39 is 0 Å². The van der Waals surface area contributed by atoms with E-state index in [-0.39, 0.29) is 6.09 Å². The molecule has 1 aromatic rings. The molecule has 114 valence electrons. The fourth-order valence-corrected chi connectivity index (χ4v) is 2.82. The molecule has 1 unspecified atom stereocenters. The maximum atomic E-state index is 12.0. The monoisotopic (exact) mass is 288 g/mol. The zero-order chi connectivity index (χ0) is 14.5. The van der Waals surface area contributed by atoms with Gasteiger partial charge in [0, 0.05) is 19.1 Å². The molecule has 2 aliphatic rings. The minimum atomic E-state index is -0.170. The third kappa shape index (κ3) is 4.46. The molecule has 1 heterocycles. The summed E-state index contributed by atoms with van der Waals surface area (Å²) in [5.41, 5.74) is 1.04. The Morgan fingerprint density at radius 2 is 2.05 bits per heavy atom.